The monoisotopic (exact) mass is 282 g/mol. The van der Waals surface area contributed by atoms with Crippen LogP contribution in [0.2, 0.25) is 0 Å². The number of benzene rings is 1. The van der Waals surface area contributed by atoms with Gasteiger partial charge in [0.15, 0.2) is 0 Å². The SMILES string of the molecule is CCNC(Cc1ccc(C)c(C)c1)c1ncccc1CC. The van der Waals surface area contributed by atoms with Gasteiger partial charge in [-0.05, 0) is 61.6 Å². The van der Waals surface area contributed by atoms with E-state index in [1.54, 1.807) is 0 Å². The van der Waals surface area contributed by atoms with Gasteiger partial charge in [0.2, 0.25) is 0 Å². The highest BCUT2D eigenvalue weighted by Gasteiger charge is 2.15. The Labute approximate surface area is 128 Å². The van der Waals surface area contributed by atoms with Crippen molar-refractivity contribution < 1.29 is 0 Å². The van der Waals surface area contributed by atoms with Crippen LogP contribution >= 0.6 is 0 Å². The number of rotatable bonds is 6. The maximum Gasteiger partial charge on any atom is 0.0608 e. The van der Waals surface area contributed by atoms with E-state index in [0.717, 1.165) is 19.4 Å². The van der Waals surface area contributed by atoms with Crippen molar-refractivity contribution in [3.8, 4) is 0 Å². The zero-order valence-corrected chi connectivity index (χ0v) is 13.6. The van der Waals surface area contributed by atoms with Crippen molar-refractivity contribution in [2.75, 3.05) is 6.54 Å². The van der Waals surface area contributed by atoms with Gasteiger partial charge in [0.1, 0.15) is 0 Å². The quantitative estimate of drug-likeness (QED) is 0.860. The fourth-order valence-corrected chi connectivity index (χ4v) is 2.74. The standard InChI is InChI=1S/C19H26N2/c1-5-17-8-7-11-21-19(17)18(20-6-2)13-16-10-9-14(3)15(4)12-16/h7-12,18,20H,5-6,13H2,1-4H3. The maximum atomic E-state index is 4.64. The first-order valence-electron chi connectivity index (χ1n) is 7.89. The molecule has 0 bridgehead atoms. The summed E-state index contributed by atoms with van der Waals surface area (Å²) in [4.78, 5) is 4.64. The molecule has 2 heteroatoms. The van der Waals surface area contributed by atoms with E-state index >= 15 is 0 Å². The molecule has 0 saturated carbocycles. The van der Waals surface area contributed by atoms with E-state index in [4.69, 9.17) is 0 Å². The van der Waals surface area contributed by atoms with Crippen molar-refractivity contribution in [3.05, 3.63) is 64.5 Å². The Morgan fingerprint density at radius 1 is 1.10 bits per heavy atom. The molecule has 0 spiro atoms. The van der Waals surface area contributed by atoms with E-state index in [1.807, 2.05) is 12.3 Å². The third-order valence-corrected chi connectivity index (χ3v) is 4.10. The van der Waals surface area contributed by atoms with E-state index in [0.29, 0.717) is 0 Å². The van der Waals surface area contributed by atoms with Crippen molar-refractivity contribution in [1.29, 1.82) is 0 Å². The van der Waals surface area contributed by atoms with Crippen LogP contribution in [0.4, 0.5) is 0 Å². The molecule has 21 heavy (non-hydrogen) atoms. The average molecular weight is 282 g/mol. The lowest BCUT2D eigenvalue weighted by molar-refractivity contribution is 0.532. The molecule has 1 N–H and O–H groups in total. The van der Waals surface area contributed by atoms with Gasteiger partial charge < -0.3 is 5.32 Å². The molecule has 0 aliphatic rings. The highest BCUT2D eigenvalue weighted by molar-refractivity contribution is 5.32. The van der Waals surface area contributed by atoms with Gasteiger partial charge in [-0.1, -0.05) is 38.1 Å². The minimum absolute atomic E-state index is 0.285. The molecule has 0 saturated heterocycles. The van der Waals surface area contributed by atoms with Gasteiger partial charge in [-0.2, -0.15) is 0 Å². The minimum atomic E-state index is 0.285. The highest BCUT2D eigenvalue weighted by Crippen LogP contribution is 2.22. The van der Waals surface area contributed by atoms with Gasteiger partial charge in [-0.15, -0.1) is 0 Å². The van der Waals surface area contributed by atoms with Crippen LogP contribution in [0.3, 0.4) is 0 Å². The molecule has 0 fully saturated rings. The number of nitrogens with one attached hydrogen (secondary N) is 1. The molecule has 2 rings (SSSR count). The molecule has 0 amide bonds. The third-order valence-electron chi connectivity index (χ3n) is 4.10. The molecule has 2 aromatic rings. The van der Waals surface area contributed by atoms with E-state index in [2.05, 4.69) is 62.3 Å². The molecule has 1 heterocycles. The van der Waals surface area contributed by atoms with Crippen LogP contribution in [-0.2, 0) is 12.8 Å². The van der Waals surface area contributed by atoms with Crippen LogP contribution in [-0.4, -0.2) is 11.5 Å². The molecule has 0 aliphatic heterocycles. The molecule has 0 radical (unpaired) electrons. The van der Waals surface area contributed by atoms with E-state index in [1.165, 1.54) is 27.9 Å². The van der Waals surface area contributed by atoms with Crippen molar-refractivity contribution >= 4 is 0 Å². The van der Waals surface area contributed by atoms with Crippen LogP contribution in [0.25, 0.3) is 0 Å². The van der Waals surface area contributed by atoms with Gasteiger partial charge in [0, 0.05) is 6.20 Å². The van der Waals surface area contributed by atoms with Crippen LogP contribution in [0.1, 0.15) is 47.8 Å². The number of hydrogen-bond acceptors (Lipinski definition) is 2. The maximum absolute atomic E-state index is 4.64. The van der Waals surface area contributed by atoms with Crippen LogP contribution in [0.5, 0.6) is 0 Å². The molecule has 1 aromatic heterocycles. The van der Waals surface area contributed by atoms with Crippen molar-refractivity contribution in [2.24, 2.45) is 0 Å². The lowest BCUT2D eigenvalue weighted by atomic mass is 9.96. The Morgan fingerprint density at radius 3 is 2.57 bits per heavy atom. The number of hydrogen-bond donors (Lipinski definition) is 1. The van der Waals surface area contributed by atoms with E-state index in [-0.39, 0.29) is 6.04 Å². The van der Waals surface area contributed by atoms with Crippen LogP contribution in [0.15, 0.2) is 36.5 Å². The van der Waals surface area contributed by atoms with E-state index in [9.17, 15) is 0 Å². The summed E-state index contributed by atoms with van der Waals surface area (Å²) in [5.74, 6) is 0. The normalized spacial score (nSPS) is 12.4. The van der Waals surface area contributed by atoms with Crippen molar-refractivity contribution in [3.63, 3.8) is 0 Å². The number of pyridine rings is 1. The Kier molecular flexibility index (Phi) is 5.51. The third kappa shape index (κ3) is 3.92. The first-order chi connectivity index (χ1) is 10.2. The van der Waals surface area contributed by atoms with Gasteiger partial charge in [-0.25, -0.2) is 0 Å². The second-order valence-electron chi connectivity index (χ2n) is 5.63. The Hall–Kier alpha value is -1.67. The Balaban J connectivity index is 2.28. The van der Waals surface area contributed by atoms with Gasteiger partial charge in [0.05, 0.1) is 11.7 Å². The fraction of sp³-hybridized carbons (Fsp3) is 0.421. The van der Waals surface area contributed by atoms with Gasteiger partial charge >= 0.3 is 0 Å². The van der Waals surface area contributed by atoms with Crippen molar-refractivity contribution in [2.45, 2.75) is 46.6 Å². The minimum Gasteiger partial charge on any atom is -0.309 e. The highest BCUT2D eigenvalue weighted by atomic mass is 14.9. The zero-order valence-electron chi connectivity index (χ0n) is 13.6. The van der Waals surface area contributed by atoms with Gasteiger partial charge in [-0.3, -0.25) is 4.98 Å². The topological polar surface area (TPSA) is 24.9 Å². The lowest BCUT2D eigenvalue weighted by Crippen LogP contribution is -2.25. The molecule has 112 valence electrons. The molecule has 1 unspecified atom stereocenters. The summed E-state index contributed by atoms with van der Waals surface area (Å²) in [5, 5.41) is 3.59. The number of aryl methyl sites for hydroxylation is 3. The molecule has 1 aromatic carbocycles. The number of likely N-dealkylation sites (N-methyl/N-ethyl adjacent to an activating group) is 1. The van der Waals surface area contributed by atoms with Crippen molar-refractivity contribution in [1.82, 2.24) is 10.3 Å². The number of aromatic nitrogens is 1. The largest absolute Gasteiger partial charge is 0.309 e. The summed E-state index contributed by atoms with van der Waals surface area (Å²) in [6, 6.07) is 11.3. The average Bonchev–Trinajstić information content (AvgIpc) is 2.50. The predicted molar refractivity (Wildman–Crippen MR) is 89.7 cm³/mol. The summed E-state index contributed by atoms with van der Waals surface area (Å²) in [7, 11) is 0. The van der Waals surface area contributed by atoms with Crippen LogP contribution in [0, 0.1) is 13.8 Å². The summed E-state index contributed by atoms with van der Waals surface area (Å²) >= 11 is 0. The second kappa shape index (κ2) is 7.37. The summed E-state index contributed by atoms with van der Waals surface area (Å²) < 4.78 is 0. The molecular weight excluding hydrogens is 256 g/mol. The van der Waals surface area contributed by atoms with Crippen LogP contribution < -0.4 is 5.32 Å². The zero-order chi connectivity index (χ0) is 15.2. The van der Waals surface area contributed by atoms with Gasteiger partial charge in [0.25, 0.3) is 0 Å². The molecule has 2 nitrogen and oxygen atoms in total. The molecule has 1 atom stereocenters. The summed E-state index contributed by atoms with van der Waals surface area (Å²) in [6.07, 6.45) is 3.91. The smallest absolute Gasteiger partial charge is 0.0608 e. The Morgan fingerprint density at radius 2 is 1.90 bits per heavy atom. The summed E-state index contributed by atoms with van der Waals surface area (Å²) in [6.45, 7) is 9.64. The predicted octanol–water partition coefficient (Wildman–Crippen LogP) is 4.15. The van der Waals surface area contributed by atoms with E-state index < -0.39 is 0 Å². The fourth-order valence-electron chi connectivity index (χ4n) is 2.74. The number of nitrogens with zero attached hydrogens (tertiary/aromatic N) is 1. The first-order valence-corrected chi connectivity index (χ1v) is 7.89. The first kappa shape index (κ1) is 15.7. The molecular formula is C19H26N2. The second-order valence-corrected chi connectivity index (χ2v) is 5.63. The Bertz CT molecular complexity index is 590. The summed E-state index contributed by atoms with van der Waals surface area (Å²) in [5.41, 5.74) is 6.62. The lowest BCUT2D eigenvalue weighted by Gasteiger charge is -2.20. The molecule has 0 aliphatic carbocycles.